The van der Waals surface area contributed by atoms with Crippen LogP contribution in [-0.2, 0) is 9.53 Å². The standard InChI is InChI=1S/C28H48O11.Na/c1-5-7-15(2)8-6-9-18(29)19(30)13-23-27(37)28(38)26(36)22(39-23)12-17(4)10-16(3)11-20(31)25(35)21(32)14-24(33)34;/h5,7-8,10,16,18-23,25-32,35-38H,6,9,11-14H2,1-4H3,(H,33,34);/q;+1/p-1/b7-5+,15-8+,17-10+;/t16-,18-,19-,20+,21-,22+,23-,25-,26-,27-,28+;/m1./s1. The second kappa shape index (κ2) is 19.5. The van der Waals surface area contributed by atoms with E-state index in [0.717, 1.165) is 5.57 Å². The molecule has 0 amide bonds. The predicted molar refractivity (Wildman–Crippen MR) is 141 cm³/mol. The Hall–Kier alpha value is -0.670. The molecule has 0 aromatic carbocycles. The van der Waals surface area contributed by atoms with E-state index in [4.69, 9.17) is 4.74 Å². The number of rotatable bonds is 16. The molecule has 1 heterocycles. The Bertz CT molecular complexity index is 833. The van der Waals surface area contributed by atoms with Gasteiger partial charge in [-0.05, 0) is 52.4 Å². The molecule has 0 radical (unpaired) electrons. The molecule has 1 fully saturated rings. The molecule has 0 unspecified atom stereocenters. The van der Waals surface area contributed by atoms with Crippen molar-refractivity contribution in [1.29, 1.82) is 0 Å². The molecule has 0 bridgehead atoms. The number of aliphatic hydroxyl groups excluding tert-OH is 8. The van der Waals surface area contributed by atoms with Crippen molar-refractivity contribution in [3.05, 3.63) is 35.5 Å². The summed E-state index contributed by atoms with van der Waals surface area (Å²) in [5, 5.41) is 92.5. The third-order valence-corrected chi connectivity index (χ3v) is 6.96. The molecule has 1 saturated heterocycles. The summed E-state index contributed by atoms with van der Waals surface area (Å²) in [4.78, 5) is 10.6. The molecule has 0 aliphatic carbocycles. The van der Waals surface area contributed by atoms with E-state index in [9.17, 15) is 50.8 Å². The van der Waals surface area contributed by atoms with Crippen LogP contribution in [0.15, 0.2) is 35.5 Å². The van der Waals surface area contributed by atoms with Gasteiger partial charge in [0.15, 0.2) is 0 Å². The molecule has 1 aliphatic rings. The van der Waals surface area contributed by atoms with Gasteiger partial charge in [-0.3, -0.25) is 0 Å². The van der Waals surface area contributed by atoms with Crippen LogP contribution in [0.5, 0.6) is 0 Å². The van der Waals surface area contributed by atoms with Crippen LogP contribution >= 0.6 is 0 Å². The zero-order valence-electron chi connectivity index (χ0n) is 24.2. The molecular weight excluding hydrogens is 535 g/mol. The molecule has 8 N–H and O–H groups in total. The molecule has 226 valence electrons. The fourth-order valence-electron chi connectivity index (χ4n) is 4.80. The van der Waals surface area contributed by atoms with Gasteiger partial charge in [-0.2, -0.15) is 0 Å². The van der Waals surface area contributed by atoms with Gasteiger partial charge in [-0.15, -0.1) is 0 Å². The smallest absolute Gasteiger partial charge is 0.550 e. The number of carboxylic acid groups (broad SMARTS) is 1. The van der Waals surface area contributed by atoms with E-state index in [2.05, 4.69) is 0 Å². The molecule has 11 atom stereocenters. The van der Waals surface area contributed by atoms with Crippen molar-refractivity contribution in [2.75, 3.05) is 0 Å². The van der Waals surface area contributed by atoms with Gasteiger partial charge in [0, 0.05) is 18.8 Å². The molecular formula is C28H47NaO11. The number of carboxylic acids is 1. The third kappa shape index (κ3) is 13.5. The Morgan fingerprint density at radius 3 is 2.10 bits per heavy atom. The van der Waals surface area contributed by atoms with Crippen LogP contribution in [-0.4, -0.2) is 108 Å². The normalized spacial score (nSPS) is 28.9. The van der Waals surface area contributed by atoms with Gasteiger partial charge in [0.05, 0.1) is 36.6 Å². The first-order valence-corrected chi connectivity index (χ1v) is 13.4. The minimum atomic E-state index is -1.68. The van der Waals surface area contributed by atoms with Gasteiger partial charge >= 0.3 is 29.6 Å². The van der Waals surface area contributed by atoms with Crippen LogP contribution < -0.4 is 34.7 Å². The number of carbonyl (C=O) groups excluding carboxylic acids is 1. The summed E-state index contributed by atoms with van der Waals surface area (Å²) < 4.78 is 5.84. The first kappa shape index (κ1) is 39.3. The summed E-state index contributed by atoms with van der Waals surface area (Å²) in [5.74, 6) is -1.87. The molecule has 40 heavy (non-hydrogen) atoms. The Morgan fingerprint density at radius 2 is 1.52 bits per heavy atom. The van der Waals surface area contributed by atoms with E-state index in [-0.39, 0.29) is 61.2 Å². The number of ether oxygens (including phenoxy) is 1. The summed E-state index contributed by atoms with van der Waals surface area (Å²) in [6.45, 7) is 7.29. The van der Waals surface area contributed by atoms with Crippen molar-refractivity contribution in [2.45, 2.75) is 127 Å². The summed E-state index contributed by atoms with van der Waals surface area (Å²) >= 11 is 0. The molecule has 0 saturated carbocycles. The maximum Gasteiger partial charge on any atom is 1.00 e. The minimum Gasteiger partial charge on any atom is -0.550 e. The fraction of sp³-hybridized carbons (Fsp3) is 0.750. The van der Waals surface area contributed by atoms with E-state index < -0.39 is 73.4 Å². The van der Waals surface area contributed by atoms with Gasteiger partial charge < -0.3 is 55.5 Å². The predicted octanol–water partition coefficient (Wildman–Crippen LogP) is -4.16. The van der Waals surface area contributed by atoms with E-state index in [1.165, 1.54) is 0 Å². The Kier molecular flexibility index (Phi) is 19.2. The first-order valence-electron chi connectivity index (χ1n) is 13.4. The van der Waals surface area contributed by atoms with Gasteiger partial charge in [0.25, 0.3) is 0 Å². The van der Waals surface area contributed by atoms with Crippen molar-refractivity contribution >= 4 is 5.97 Å². The van der Waals surface area contributed by atoms with Crippen molar-refractivity contribution < 1.29 is 85.0 Å². The molecule has 0 spiro atoms. The van der Waals surface area contributed by atoms with Gasteiger partial charge in [0.1, 0.15) is 24.4 Å². The number of hydrogen-bond acceptors (Lipinski definition) is 11. The zero-order chi connectivity index (χ0) is 29.9. The quantitative estimate of drug-likeness (QED) is 0.0497. The maximum absolute atomic E-state index is 10.6. The van der Waals surface area contributed by atoms with Crippen molar-refractivity contribution in [1.82, 2.24) is 0 Å². The summed E-state index contributed by atoms with van der Waals surface area (Å²) in [5.41, 5.74) is 1.73. The first-order chi connectivity index (χ1) is 18.2. The van der Waals surface area contributed by atoms with E-state index >= 15 is 0 Å². The van der Waals surface area contributed by atoms with E-state index in [1.807, 2.05) is 32.1 Å². The fourth-order valence-corrected chi connectivity index (χ4v) is 4.80. The molecule has 12 heteroatoms. The van der Waals surface area contributed by atoms with E-state index in [0.29, 0.717) is 12.0 Å². The number of allylic oxidation sites excluding steroid dienone is 5. The van der Waals surface area contributed by atoms with Crippen molar-refractivity contribution in [3.63, 3.8) is 0 Å². The monoisotopic (exact) mass is 582 g/mol. The Balaban J connectivity index is 0.0000152. The second-order valence-electron chi connectivity index (χ2n) is 10.7. The maximum atomic E-state index is 10.6. The van der Waals surface area contributed by atoms with Crippen LogP contribution in [0, 0.1) is 5.92 Å². The largest absolute Gasteiger partial charge is 1.00 e. The van der Waals surface area contributed by atoms with Crippen LogP contribution in [0.25, 0.3) is 0 Å². The Morgan fingerprint density at radius 1 is 0.925 bits per heavy atom. The van der Waals surface area contributed by atoms with Crippen LogP contribution in [0.2, 0.25) is 0 Å². The third-order valence-electron chi connectivity index (χ3n) is 6.96. The van der Waals surface area contributed by atoms with Gasteiger partial charge in [-0.25, -0.2) is 0 Å². The van der Waals surface area contributed by atoms with Crippen molar-refractivity contribution in [2.24, 2.45) is 5.92 Å². The number of aliphatic carboxylic acids is 1. The summed E-state index contributed by atoms with van der Waals surface area (Å²) in [6, 6.07) is 0. The number of hydrogen-bond donors (Lipinski definition) is 8. The van der Waals surface area contributed by atoms with E-state index in [1.54, 1.807) is 19.9 Å². The molecule has 1 rings (SSSR count). The zero-order valence-corrected chi connectivity index (χ0v) is 26.2. The minimum absolute atomic E-state index is 0. The van der Waals surface area contributed by atoms with Crippen molar-refractivity contribution in [3.8, 4) is 0 Å². The Labute approximate surface area is 258 Å². The van der Waals surface area contributed by atoms with Gasteiger partial charge in [-0.1, -0.05) is 42.4 Å². The van der Waals surface area contributed by atoms with Crippen LogP contribution in [0.1, 0.15) is 66.2 Å². The molecule has 0 aromatic rings. The van der Waals surface area contributed by atoms with Crippen LogP contribution in [0.4, 0.5) is 0 Å². The number of carbonyl (C=O) groups is 1. The average Bonchev–Trinajstić information content (AvgIpc) is 2.84. The second-order valence-corrected chi connectivity index (χ2v) is 10.7. The van der Waals surface area contributed by atoms with Crippen LogP contribution in [0.3, 0.4) is 0 Å². The number of aliphatic hydroxyl groups is 8. The summed E-state index contributed by atoms with van der Waals surface area (Å²) in [6.07, 6.45) is -5.90. The SMILES string of the molecule is C/C=C/C(C)=C/CC[C@@H](O)[C@H](O)C[C@H]1O[C@@H](C/C(C)=C/[C@@H](C)C[C@H](O)[C@@H](O)[C@H](O)CC(=O)[O-])[C@@H](O)[C@H](O)[C@@H]1O.[Na+]. The molecule has 0 aromatic heterocycles. The average molecular weight is 583 g/mol. The topological polar surface area (TPSA) is 211 Å². The molecule has 11 nitrogen and oxygen atoms in total. The molecule has 1 aliphatic heterocycles. The summed E-state index contributed by atoms with van der Waals surface area (Å²) in [7, 11) is 0. The van der Waals surface area contributed by atoms with Gasteiger partial charge in [0.2, 0.25) is 0 Å².